The maximum absolute atomic E-state index is 6.22. The van der Waals surface area contributed by atoms with Crippen LogP contribution in [-0.4, -0.2) is 6.71 Å². The first-order valence-electron chi connectivity index (χ1n) is 20.6. The van der Waals surface area contributed by atoms with Crippen LogP contribution in [0.25, 0.3) is 22.3 Å². The summed E-state index contributed by atoms with van der Waals surface area (Å²) in [6, 6.07) is 78.9. The summed E-state index contributed by atoms with van der Waals surface area (Å²) in [5.41, 5.74) is 27.0. The number of nitrogens with zero attached hydrogens (tertiary/aromatic N) is 3. The molecule has 284 valence electrons. The Hall–Kier alpha value is -7.76. The molecule has 0 saturated carbocycles. The lowest BCUT2D eigenvalue weighted by molar-refractivity contribution is 1.24. The average molecular weight is 769 g/mol. The summed E-state index contributed by atoms with van der Waals surface area (Å²) >= 11 is 0. The molecule has 0 amide bonds. The van der Waals surface area contributed by atoms with Gasteiger partial charge in [-0.3, -0.25) is 0 Å². The van der Waals surface area contributed by atoms with Gasteiger partial charge >= 0.3 is 0 Å². The zero-order valence-electron chi connectivity index (χ0n) is 33.3. The minimum absolute atomic E-state index is 0.0175. The van der Waals surface area contributed by atoms with Crippen LogP contribution in [0.5, 0.6) is 0 Å². The molecule has 0 saturated heterocycles. The van der Waals surface area contributed by atoms with Gasteiger partial charge in [0.1, 0.15) is 0 Å². The van der Waals surface area contributed by atoms with Crippen molar-refractivity contribution >= 4 is 80.0 Å². The van der Waals surface area contributed by atoms with Gasteiger partial charge in [-0.25, -0.2) is 0 Å². The van der Waals surface area contributed by atoms with E-state index in [9.17, 15) is 0 Å². The van der Waals surface area contributed by atoms with Gasteiger partial charge in [0.05, 0.1) is 0 Å². The fraction of sp³-hybridized carbons (Fsp3) is 0.0182. The molecule has 9 aromatic rings. The number of aryl methyl sites for hydroxylation is 1. The van der Waals surface area contributed by atoms with Crippen molar-refractivity contribution in [2.45, 2.75) is 6.92 Å². The largest absolute Gasteiger partial charge is 0.399 e. The van der Waals surface area contributed by atoms with Crippen molar-refractivity contribution in [3.63, 3.8) is 0 Å². The van der Waals surface area contributed by atoms with Crippen LogP contribution in [0.15, 0.2) is 218 Å². The molecular formula is C55H41BN4. The second kappa shape index (κ2) is 14.6. The standard InChI is InChI=1S/C55H41BN4/c1-38-20-35-51-50(36-38)56-49-34-33-48(37-54(49)60(44-16-9-4-10-17-44)53-19-11-18-52(55(53)56)59(51)47-31-25-43(57)26-32-47)58(45-27-21-41(22-28-45)39-12-5-2-6-13-39)46-29-23-42(24-30-46)40-14-7-3-8-15-40/h2-37H,57H2,1H3. The highest BCUT2D eigenvalue weighted by atomic mass is 15.2. The number of nitrogen functional groups attached to an aromatic ring is 1. The fourth-order valence-electron chi connectivity index (χ4n) is 9.25. The zero-order chi connectivity index (χ0) is 40.2. The van der Waals surface area contributed by atoms with Gasteiger partial charge in [-0.05, 0) is 137 Å². The second-order valence-corrected chi connectivity index (χ2v) is 15.7. The number of nitrogens with two attached hydrogens (primary N) is 1. The molecular weight excluding hydrogens is 727 g/mol. The number of benzene rings is 9. The van der Waals surface area contributed by atoms with Crippen LogP contribution in [0.2, 0.25) is 0 Å². The molecule has 2 aliphatic rings. The van der Waals surface area contributed by atoms with Gasteiger partial charge in [0.2, 0.25) is 0 Å². The van der Waals surface area contributed by atoms with E-state index in [-0.39, 0.29) is 6.71 Å². The van der Waals surface area contributed by atoms with E-state index in [4.69, 9.17) is 5.73 Å². The Morgan fingerprint density at radius 2 is 0.883 bits per heavy atom. The molecule has 2 heterocycles. The molecule has 0 unspecified atom stereocenters. The molecule has 11 rings (SSSR count). The van der Waals surface area contributed by atoms with Crippen LogP contribution in [0, 0.1) is 6.92 Å². The highest BCUT2D eigenvalue weighted by Crippen LogP contribution is 2.46. The lowest BCUT2D eigenvalue weighted by Crippen LogP contribution is -2.61. The third-order valence-electron chi connectivity index (χ3n) is 12.0. The summed E-state index contributed by atoms with van der Waals surface area (Å²) in [4.78, 5) is 7.26. The van der Waals surface area contributed by atoms with E-state index >= 15 is 0 Å². The lowest BCUT2D eigenvalue weighted by Gasteiger charge is -2.44. The number of para-hydroxylation sites is 1. The number of hydrogen-bond acceptors (Lipinski definition) is 4. The summed E-state index contributed by atoms with van der Waals surface area (Å²) in [7, 11) is 0. The molecule has 0 fully saturated rings. The van der Waals surface area contributed by atoms with Crippen molar-refractivity contribution in [3.05, 3.63) is 224 Å². The van der Waals surface area contributed by atoms with E-state index in [1.807, 2.05) is 12.1 Å². The van der Waals surface area contributed by atoms with Crippen molar-refractivity contribution in [1.29, 1.82) is 0 Å². The Labute approximate surface area is 352 Å². The predicted octanol–water partition coefficient (Wildman–Crippen LogP) is 12.5. The molecule has 0 aromatic heterocycles. The molecule has 2 N–H and O–H groups in total. The Morgan fingerprint density at radius 3 is 1.47 bits per heavy atom. The SMILES string of the molecule is Cc1ccc2c(c1)B1c3ccc(N(c4ccc(-c5ccccc5)cc4)c4ccc(-c5ccccc5)cc4)cc3N(c3ccccc3)c3cccc(c31)N2c1ccc(N)cc1. The van der Waals surface area contributed by atoms with Gasteiger partial charge < -0.3 is 20.4 Å². The van der Waals surface area contributed by atoms with E-state index in [2.05, 4.69) is 228 Å². The quantitative estimate of drug-likeness (QED) is 0.129. The number of anilines is 10. The minimum atomic E-state index is 0.0175. The van der Waals surface area contributed by atoms with Crippen LogP contribution in [0.4, 0.5) is 56.9 Å². The molecule has 9 aromatic carbocycles. The van der Waals surface area contributed by atoms with Gasteiger partial charge in [-0.15, -0.1) is 0 Å². The molecule has 60 heavy (non-hydrogen) atoms. The maximum Gasteiger partial charge on any atom is 0.252 e. The first-order chi connectivity index (χ1) is 29.6. The summed E-state index contributed by atoms with van der Waals surface area (Å²) in [6.07, 6.45) is 0. The third-order valence-corrected chi connectivity index (χ3v) is 12.0. The van der Waals surface area contributed by atoms with E-state index in [1.54, 1.807) is 0 Å². The van der Waals surface area contributed by atoms with Crippen molar-refractivity contribution in [2.75, 3.05) is 20.4 Å². The molecule has 0 atom stereocenters. The summed E-state index contributed by atoms with van der Waals surface area (Å²) in [6.45, 7) is 2.21. The van der Waals surface area contributed by atoms with E-state index in [0.29, 0.717) is 0 Å². The molecule has 4 nitrogen and oxygen atoms in total. The van der Waals surface area contributed by atoms with Gasteiger partial charge in [0, 0.05) is 56.9 Å². The Kier molecular flexibility index (Phi) is 8.60. The smallest absolute Gasteiger partial charge is 0.252 e. The first kappa shape index (κ1) is 35.4. The highest BCUT2D eigenvalue weighted by molar-refractivity contribution is 7.00. The molecule has 0 spiro atoms. The Morgan fingerprint density at radius 1 is 0.383 bits per heavy atom. The second-order valence-electron chi connectivity index (χ2n) is 15.7. The summed E-state index contributed by atoms with van der Waals surface area (Å²) in [5.74, 6) is 0. The van der Waals surface area contributed by atoms with Crippen LogP contribution >= 0.6 is 0 Å². The van der Waals surface area contributed by atoms with Crippen molar-refractivity contribution < 1.29 is 0 Å². The molecule has 0 aliphatic carbocycles. The third kappa shape index (κ3) is 6.02. The summed E-state index contributed by atoms with van der Waals surface area (Å²) < 4.78 is 0. The highest BCUT2D eigenvalue weighted by Gasteiger charge is 2.43. The van der Waals surface area contributed by atoms with Gasteiger partial charge in [-0.2, -0.15) is 0 Å². The molecule has 0 radical (unpaired) electrons. The van der Waals surface area contributed by atoms with E-state index < -0.39 is 0 Å². The van der Waals surface area contributed by atoms with Crippen LogP contribution in [0.3, 0.4) is 0 Å². The molecule has 5 heteroatoms. The first-order valence-corrected chi connectivity index (χ1v) is 20.6. The lowest BCUT2D eigenvalue weighted by atomic mass is 9.33. The number of hydrogen-bond donors (Lipinski definition) is 1. The van der Waals surface area contributed by atoms with Gasteiger partial charge in [0.15, 0.2) is 0 Å². The zero-order valence-corrected chi connectivity index (χ0v) is 33.3. The van der Waals surface area contributed by atoms with Gasteiger partial charge in [0.25, 0.3) is 6.71 Å². The topological polar surface area (TPSA) is 35.7 Å². The Balaban J connectivity index is 1.12. The normalized spacial score (nSPS) is 12.4. The summed E-state index contributed by atoms with van der Waals surface area (Å²) in [5, 5.41) is 0. The van der Waals surface area contributed by atoms with Gasteiger partial charge in [-0.1, -0.05) is 133 Å². The number of rotatable bonds is 7. The minimum Gasteiger partial charge on any atom is -0.399 e. The monoisotopic (exact) mass is 768 g/mol. The maximum atomic E-state index is 6.22. The van der Waals surface area contributed by atoms with E-state index in [0.717, 1.165) is 39.8 Å². The van der Waals surface area contributed by atoms with Crippen LogP contribution in [-0.2, 0) is 0 Å². The molecule has 2 aliphatic heterocycles. The van der Waals surface area contributed by atoms with Crippen molar-refractivity contribution in [1.82, 2.24) is 0 Å². The average Bonchev–Trinajstić information content (AvgIpc) is 3.31. The number of fused-ring (bicyclic) bond motifs is 4. The van der Waals surface area contributed by atoms with E-state index in [1.165, 1.54) is 61.3 Å². The van der Waals surface area contributed by atoms with Crippen LogP contribution < -0.4 is 36.8 Å². The van der Waals surface area contributed by atoms with Crippen LogP contribution in [0.1, 0.15) is 5.56 Å². The predicted molar refractivity (Wildman–Crippen MR) is 255 cm³/mol. The molecule has 0 bridgehead atoms. The fourth-order valence-corrected chi connectivity index (χ4v) is 9.25. The van der Waals surface area contributed by atoms with Crippen molar-refractivity contribution in [3.8, 4) is 22.3 Å². The van der Waals surface area contributed by atoms with Crippen molar-refractivity contribution in [2.24, 2.45) is 0 Å². The Bertz CT molecular complexity index is 2900.